The molecule has 5 rings (SSSR count). The Kier molecular flexibility index (Phi) is 11.3. The molecule has 0 N–H and O–H groups in total. The molecule has 1 fully saturated rings. The summed E-state index contributed by atoms with van der Waals surface area (Å²) in [5.74, 6) is 0. The first kappa shape index (κ1) is 31.7. The molecule has 8 heteroatoms. The van der Waals surface area contributed by atoms with E-state index < -0.39 is 5.60 Å². The second kappa shape index (κ2) is 15.3. The van der Waals surface area contributed by atoms with Crippen molar-refractivity contribution in [1.29, 1.82) is 0 Å². The quantitative estimate of drug-likeness (QED) is 0.0639. The third-order valence-electron chi connectivity index (χ3n) is 7.56. The standard InChI is InChI=1S/C35H38ClNO5S/c1-35(2,40-34-13-6-7-22-39-34)31-12-5-4-10-26(31)17-21-33(41-43-42-38-3)28-11-8-9-25(23-28)14-19-30-20-16-27-15-18-29(36)24-32(27)37-30/h4-5,8-12,14-16,18-20,23-24,33-34H,6-7,13,17,21-22H2,1-3H3/t33-,34?/m0/s1. The molecule has 2 heterocycles. The molecule has 2 atom stereocenters. The van der Waals surface area contributed by atoms with Crippen LogP contribution in [0.3, 0.4) is 0 Å². The van der Waals surface area contributed by atoms with Gasteiger partial charge in [-0.1, -0.05) is 72.3 Å². The summed E-state index contributed by atoms with van der Waals surface area (Å²) in [4.78, 5) is 9.50. The molecule has 0 saturated carbocycles. The molecule has 1 saturated heterocycles. The van der Waals surface area contributed by atoms with Crippen molar-refractivity contribution < 1.29 is 22.9 Å². The second-order valence-corrected chi connectivity index (χ2v) is 12.0. The number of fused-ring (bicyclic) bond motifs is 1. The van der Waals surface area contributed by atoms with E-state index in [0.29, 0.717) is 5.02 Å². The molecule has 0 radical (unpaired) electrons. The minimum absolute atomic E-state index is 0.172. The fraction of sp³-hybridized carbons (Fsp3) is 0.343. The van der Waals surface area contributed by atoms with Crippen molar-refractivity contribution in [2.24, 2.45) is 0 Å². The van der Waals surface area contributed by atoms with Gasteiger partial charge in [0.2, 0.25) is 0 Å². The smallest absolute Gasteiger partial charge is 0.195 e. The number of benzene rings is 3. The van der Waals surface area contributed by atoms with Crippen LogP contribution in [-0.4, -0.2) is 25.0 Å². The van der Waals surface area contributed by atoms with Gasteiger partial charge in [0, 0.05) is 17.0 Å². The van der Waals surface area contributed by atoms with Gasteiger partial charge in [-0.25, -0.2) is 9.87 Å². The van der Waals surface area contributed by atoms with Crippen LogP contribution in [0.2, 0.25) is 5.02 Å². The van der Waals surface area contributed by atoms with E-state index in [2.05, 4.69) is 68.5 Å². The minimum atomic E-state index is -0.490. The van der Waals surface area contributed by atoms with Crippen LogP contribution in [-0.2, 0) is 34.9 Å². The minimum Gasteiger partial charge on any atom is -0.353 e. The molecule has 1 unspecified atom stereocenters. The van der Waals surface area contributed by atoms with Crippen molar-refractivity contribution in [2.75, 3.05) is 13.7 Å². The first-order valence-electron chi connectivity index (χ1n) is 14.7. The number of aromatic nitrogens is 1. The van der Waals surface area contributed by atoms with Crippen molar-refractivity contribution in [1.82, 2.24) is 4.98 Å². The average Bonchev–Trinajstić information content (AvgIpc) is 3.02. The van der Waals surface area contributed by atoms with E-state index in [4.69, 9.17) is 39.5 Å². The monoisotopic (exact) mass is 619 g/mol. The Balaban J connectivity index is 1.32. The maximum Gasteiger partial charge on any atom is 0.195 e. The predicted molar refractivity (Wildman–Crippen MR) is 174 cm³/mol. The van der Waals surface area contributed by atoms with E-state index >= 15 is 0 Å². The predicted octanol–water partition coefficient (Wildman–Crippen LogP) is 9.67. The molecule has 0 bridgehead atoms. The number of ether oxygens (including phenoxy) is 2. The molecule has 3 aromatic carbocycles. The van der Waals surface area contributed by atoms with Crippen LogP contribution in [0.1, 0.15) is 73.6 Å². The van der Waals surface area contributed by atoms with E-state index in [1.165, 1.54) is 12.7 Å². The molecule has 43 heavy (non-hydrogen) atoms. The van der Waals surface area contributed by atoms with Crippen LogP contribution >= 0.6 is 23.9 Å². The van der Waals surface area contributed by atoms with Gasteiger partial charge in [-0.2, -0.15) is 0 Å². The third kappa shape index (κ3) is 8.89. The zero-order chi connectivity index (χ0) is 30.1. The zero-order valence-electron chi connectivity index (χ0n) is 24.8. The van der Waals surface area contributed by atoms with Gasteiger partial charge in [0.1, 0.15) is 6.10 Å². The maximum atomic E-state index is 6.47. The number of halogens is 1. The Morgan fingerprint density at radius 2 is 1.88 bits per heavy atom. The highest BCUT2D eigenvalue weighted by atomic mass is 35.5. The van der Waals surface area contributed by atoms with E-state index in [1.807, 2.05) is 36.4 Å². The van der Waals surface area contributed by atoms with Gasteiger partial charge in [0.25, 0.3) is 0 Å². The molecule has 1 aliphatic heterocycles. The van der Waals surface area contributed by atoms with Gasteiger partial charge in [0.05, 0.1) is 23.9 Å². The molecular weight excluding hydrogens is 582 g/mol. The zero-order valence-corrected chi connectivity index (χ0v) is 26.4. The Morgan fingerprint density at radius 1 is 1.02 bits per heavy atom. The van der Waals surface area contributed by atoms with Crippen LogP contribution in [0, 0.1) is 0 Å². The highest BCUT2D eigenvalue weighted by Crippen LogP contribution is 2.35. The summed E-state index contributed by atoms with van der Waals surface area (Å²) >= 11 is 7.01. The molecular formula is C35H38ClNO5S. The summed E-state index contributed by atoms with van der Waals surface area (Å²) in [6.07, 6.45) is 8.31. The fourth-order valence-corrected chi connectivity index (χ4v) is 5.97. The van der Waals surface area contributed by atoms with Crippen molar-refractivity contribution in [3.05, 3.63) is 112 Å². The molecule has 4 aromatic rings. The number of hydrogen-bond donors (Lipinski definition) is 0. The van der Waals surface area contributed by atoms with E-state index in [-0.39, 0.29) is 12.4 Å². The van der Waals surface area contributed by atoms with E-state index in [1.54, 1.807) is 0 Å². The normalized spacial score (nSPS) is 16.6. The Bertz CT molecular complexity index is 1520. The molecule has 0 amide bonds. The van der Waals surface area contributed by atoms with Gasteiger partial charge in [-0.05, 0) is 98.5 Å². The van der Waals surface area contributed by atoms with E-state index in [0.717, 1.165) is 84.3 Å². The number of rotatable bonds is 13. The number of nitrogens with zero attached hydrogens (tertiary/aromatic N) is 1. The first-order valence-corrected chi connectivity index (χ1v) is 15.7. The topological polar surface area (TPSA) is 59.0 Å². The average molecular weight is 620 g/mol. The van der Waals surface area contributed by atoms with Gasteiger partial charge in [-0.3, -0.25) is 4.18 Å². The van der Waals surface area contributed by atoms with Crippen molar-refractivity contribution >= 4 is 47.0 Å². The van der Waals surface area contributed by atoms with Crippen LogP contribution in [0.15, 0.2) is 78.9 Å². The summed E-state index contributed by atoms with van der Waals surface area (Å²) < 4.78 is 23.4. The van der Waals surface area contributed by atoms with Gasteiger partial charge < -0.3 is 9.47 Å². The van der Waals surface area contributed by atoms with Gasteiger partial charge in [-0.15, -0.1) is 4.33 Å². The summed E-state index contributed by atoms with van der Waals surface area (Å²) in [7, 11) is 1.46. The third-order valence-corrected chi connectivity index (χ3v) is 8.30. The molecule has 0 aliphatic carbocycles. The largest absolute Gasteiger partial charge is 0.353 e. The summed E-state index contributed by atoms with van der Waals surface area (Å²) in [6, 6.07) is 26.6. The van der Waals surface area contributed by atoms with E-state index in [9.17, 15) is 0 Å². The molecule has 1 aliphatic rings. The lowest BCUT2D eigenvalue weighted by molar-refractivity contribution is -0.219. The second-order valence-electron chi connectivity index (χ2n) is 11.1. The highest BCUT2D eigenvalue weighted by Gasteiger charge is 2.29. The summed E-state index contributed by atoms with van der Waals surface area (Å²) in [5, 5.41) is 1.73. The number of aryl methyl sites for hydroxylation is 1. The van der Waals surface area contributed by atoms with Crippen LogP contribution in [0.4, 0.5) is 0 Å². The molecule has 6 nitrogen and oxygen atoms in total. The SMILES string of the molecule is COOSO[C@@H](CCc1ccccc1C(C)(C)OC1CCCCO1)c1cccc(C=Cc2ccc3ccc(Cl)cc3n2)c1. The van der Waals surface area contributed by atoms with Crippen LogP contribution < -0.4 is 0 Å². The Hall–Kier alpha value is -2.75. The molecule has 0 spiro atoms. The van der Waals surface area contributed by atoms with Crippen LogP contribution in [0.25, 0.3) is 23.1 Å². The maximum absolute atomic E-state index is 6.47. The number of hydrogen-bond acceptors (Lipinski definition) is 7. The fourth-order valence-electron chi connectivity index (χ4n) is 5.41. The Morgan fingerprint density at radius 3 is 2.72 bits per heavy atom. The van der Waals surface area contributed by atoms with Gasteiger partial charge >= 0.3 is 0 Å². The summed E-state index contributed by atoms with van der Waals surface area (Å²) in [6.45, 7) is 4.99. The lowest BCUT2D eigenvalue weighted by Gasteiger charge is -2.34. The first-order chi connectivity index (χ1) is 20.9. The molecule has 1 aromatic heterocycles. The van der Waals surface area contributed by atoms with Crippen molar-refractivity contribution in [3.8, 4) is 0 Å². The summed E-state index contributed by atoms with van der Waals surface area (Å²) in [5.41, 5.74) is 5.69. The molecule has 226 valence electrons. The lowest BCUT2D eigenvalue weighted by atomic mass is 9.89. The van der Waals surface area contributed by atoms with Gasteiger partial charge in [0.15, 0.2) is 18.6 Å². The lowest BCUT2D eigenvalue weighted by Crippen LogP contribution is -2.33. The van der Waals surface area contributed by atoms with Crippen molar-refractivity contribution in [2.45, 2.75) is 63.9 Å². The number of pyridine rings is 1. The van der Waals surface area contributed by atoms with Crippen molar-refractivity contribution in [3.63, 3.8) is 0 Å². The van der Waals surface area contributed by atoms with Crippen LogP contribution in [0.5, 0.6) is 0 Å². The highest BCUT2D eigenvalue weighted by molar-refractivity contribution is 7.89. The Labute approximate surface area is 263 Å².